The lowest BCUT2D eigenvalue weighted by atomic mass is 9.70. The van der Waals surface area contributed by atoms with Gasteiger partial charge in [-0.3, -0.25) is 0 Å². The third-order valence-electron chi connectivity index (χ3n) is 11.8. The molecule has 2 nitrogen and oxygen atoms in total. The van der Waals surface area contributed by atoms with Gasteiger partial charge in [-0.2, -0.15) is 0 Å². The van der Waals surface area contributed by atoms with Gasteiger partial charge in [-0.05, 0) is 74.7 Å². The van der Waals surface area contributed by atoms with Crippen molar-refractivity contribution in [3.63, 3.8) is 0 Å². The Morgan fingerprint density at radius 1 is 0.385 bits per heavy atom. The van der Waals surface area contributed by atoms with Crippen LogP contribution in [0.4, 0.5) is 0 Å². The Bertz CT molecular complexity index is 3080. The minimum Gasteiger partial charge on any atom is -0.309 e. The number of hydrogen-bond donors (Lipinski definition) is 0. The summed E-state index contributed by atoms with van der Waals surface area (Å²) < 4.78 is 2.52. The van der Waals surface area contributed by atoms with Crippen molar-refractivity contribution in [1.82, 2.24) is 9.55 Å². The average Bonchev–Trinajstić information content (AvgIpc) is 3.82. The van der Waals surface area contributed by atoms with E-state index in [1.165, 1.54) is 88.2 Å². The van der Waals surface area contributed by atoms with Crippen LogP contribution in [0.3, 0.4) is 0 Å². The van der Waals surface area contributed by atoms with Crippen LogP contribution in [0.5, 0.6) is 0 Å². The van der Waals surface area contributed by atoms with Crippen molar-refractivity contribution < 1.29 is 0 Å². The molecule has 0 aliphatic heterocycles. The smallest absolute Gasteiger partial charge is 0.0788 e. The maximum absolute atomic E-state index is 5.28. The number of hydrogen-bond acceptors (Lipinski definition) is 1. The summed E-state index contributed by atoms with van der Waals surface area (Å²) in [5.74, 6) is 0. The Hall–Kier alpha value is -6.77. The monoisotopic (exact) mass is 658 g/mol. The third-order valence-corrected chi connectivity index (χ3v) is 11.8. The molecule has 240 valence electrons. The van der Waals surface area contributed by atoms with Gasteiger partial charge < -0.3 is 4.57 Å². The number of benzene rings is 8. The van der Waals surface area contributed by atoms with Gasteiger partial charge in [0.15, 0.2) is 0 Å². The first-order valence-electron chi connectivity index (χ1n) is 18.1. The Balaban J connectivity index is 1.18. The van der Waals surface area contributed by atoms with E-state index < -0.39 is 5.41 Å². The van der Waals surface area contributed by atoms with Crippen molar-refractivity contribution in [2.75, 3.05) is 0 Å². The van der Waals surface area contributed by atoms with E-state index in [0.29, 0.717) is 0 Å². The van der Waals surface area contributed by atoms with Crippen molar-refractivity contribution in [3.05, 3.63) is 204 Å². The third kappa shape index (κ3) is 3.42. The van der Waals surface area contributed by atoms with Crippen LogP contribution >= 0.6 is 0 Å². The molecule has 2 aliphatic rings. The molecule has 2 aromatic heterocycles. The summed E-state index contributed by atoms with van der Waals surface area (Å²) >= 11 is 0. The molecule has 2 aliphatic carbocycles. The fraction of sp³-hybridized carbons (Fsp3) is 0.0200. The van der Waals surface area contributed by atoms with Crippen molar-refractivity contribution in [2.45, 2.75) is 5.41 Å². The molecule has 52 heavy (non-hydrogen) atoms. The Morgan fingerprint density at radius 2 is 0.923 bits per heavy atom. The van der Waals surface area contributed by atoms with E-state index >= 15 is 0 Å². The Kier molecular flexibility index (Phi) is 5.46. The molecular weight excluding hydrogens is 629 g/mol. The maximum atomic E-state index is 5.28. The van der Waals surface area contributed by atoms with Gasteiger partial charge in [0, 0.05) is 32.7 Å². The summed E-state index contributed by atoms with van der Waals surface area (Å²) in [6.07, 6.45) is 0. The number of nitrogens with zero attached hydrogens (tertiary/aromatic N) is 2. The molecule has 12 rings (SSSR count). The first-order valence-corrected chi connectivity index (χ1v) is 18.1. The summed E-state index contributed by atoms with van der Waals surface area (Å²) in [6, 6.07) is 67.1. The quantitative estimate of drug-likeness (QED) is 0.169. The van der Waals surface area contributed by atoms with Crippen molar-refractivity contribution in [3.8, 4) is 39.2 Å². The molecule has 0 radical (unpaired) electrons. The van der Waals surface area contributed by atoms with Gasteiger partial charge in [-0.1, -0.05) is 152 Å². The SMILES string of the molecule is c1ccc2c(c1)-c1ccccc1C21c2ccccc2-c2cccc(-n3c4ccccc4c4cc(-c5nc6ccccc6c6ccccc56)ccc43)c21. The van der Waals surface area contributed by atoms with Crippen LogP contribution in [0.15, 0.2) is 182 Å². The predicted octanol–water partition coefficient (Wildman–Crippen LogP) is 12.5. The van der Waals surface area contributed by atoms with E-state index in [4.69, 9.17) is 4.98 Å². The van der Waals surface area contributed by atoms with Gasteiger partial charge in [0.2, 0.25) is 0 Å². The molecule has 0 saturated carbocycles. The Morgan fingerprint density at radius 3 is 1.65 bits per heavy atom. The molecule has 0 atom stereocenters. The topological polar surface area (TPSA) is 17.8 Å². The molecule has 0 fully saturated rings. The molecule has 8 aromatic carbocycles. The number of aromatic nitrogens is 2. The van der Waals surface area contributed by atoms with Gasteiger partial charge >= 0.3 is 0 Å². The average molecular weight is 659 g/mol. The normalized spacial score (nSPS) is 13.5. The number of para-hydroxylation sites is 2. The Labute approximate surface area is 300 Å². The molecule has 0 saturated heterocycles. The fourth-order valence-corrected chi connectivity index (χ4v) is 9.82. The number of rotatable bonds is 2. The summed E-state index contributed by atoms with van der Waals surface area (Å²) in [5.41, 5.74) is 17.0. The van der Waals surface area contributed by atoms with Crippen LogP contribution in [0.25, 0.3) is 82.7 Å². The summed E-state index contributed by atoms with van der Waals surface area (Å²) in [4.78, 5) is 5.28. The zero-order valence-corrected chi connectivity index (χ0v) is 28.2. The highest BCUT2D eigenvalue weighted by Gasteiger charge is 2.52. The standard InChI is InChI=1S/C50H30N2/c1-2-20-39-32(14-1)36-18-6-11-25-44(36)51-49(39)31-28-29-46-40(30-31)37-19-7-12-26-45(37)52(46)47-27-13-21-38-35-17-5-10-24-43(35)50(48(38)47)41-22-8-3-15-33(41)34-16-4-9-23-42(34)50/h1-30H. The van der Waals surface area contributed by atoms with E-state index in [9.17, 15) is 0 Å². The second kappa shape index (κ2) is 10.2. The van der Waals surface area contributed by atoms with Gasteiger partial charge in [0.25, 0.3) is 0 Å². The second-order valence-corrected chi connectivity index (χ2v) is 14.2. The minimum absolute atomic E-state index is 0.443. The molecule has 2 heteroatoms. The number of fused-ring (bicyclic) bond motifs is 16. The van der Waals surface area contributed by atoms with Crippen molar-refractivity contribution in [2.24, 2.45) is 0 Å². The van der Waals surface area contributed by atoms with E-state index in [0.717, 1.165) is 16.8 Å². The zero-order valence-electron chi connectivity index (χ0n) is 28.2. The van der Waals surface area contributed by atoms with E-state index in [1.54, 1.807) is 0 Å². The maximum Gasteiger partial charge on any atom is 0.0788 e. The van der Waals surface area contributed by atoms with Gasteiger partial charge in [0.05, 0.1) is 33.3 Å². The first-order chi connectivity index (χ1) is 25.8. The molecule has 10 aromatic rings. The van der Waals surface area contributed by atoms with Gasteiger partial charge in [0.1, 0.15) is 0 Å². The largest absolute Gasteiger partial charge is 0.309 e. The van der Waals surface area contributed by atoms with Crippen LogP contribution in [0.2, 0.25) is 0 Å². The molecule has 0 bridgehead atoms. The summed E-state index contributed by atoms with van der Waals surface area (Å²) in [5, 5.41) is 6.04. The zero-order chi connectivity index (χ0) is 34.0. The summed E-state index contributed by atoms with van der Waals surface area (Å²) in [6.45, 7) is 0. The first kappa shape index (κ1) is 28.0. The van der Waals surface area contributed by atoms with E-state index in [2.05, 4.69) is 187 Å². The minimum atomic E-state index is -0.443. The highest BCUT2D eigenvalue weighted by atomic mass is 15.0. The predicted molar refractivity (Wildman–Crippen MR) is 215 cm³/mol. The molecule has 0 N–H and O–H groups in total. The van der Waals surface area contributed by atoms with Crippen LogP contribution in [0.1, 0.15) is 22.3 Å². The van der Waals surface area contributed by atoms with Gasteiger partial charge in [-0.15, -0.1) is 0 Å². The van der Waals surface area contributed by atoms with Crippen LogP contribution < -0.4 is 0 Å². The van der Waals surface area contributed by atoms with E-state index in [-0.39, 0.29) is 0 Å². The van der Waals surface area contributed by atoms with Crippen molar-refractivity contribution >= 4 is 43.5 Å². The lowest BCUT2D eigenvalue weighted by Crippen LogP contribution is -2.27. The molecule has 0 unspecified atom stereocenters. The lowest BCUT2D eigenvalue weighted by Gasteiger charge is -2.32. The van der Waals surface area contributed by atoms with Crippen LogP contribution in [0, 0.1) is 0 Å². The molecule has 2 heterocycles. The molecule has 0 amide bonds. The second-order valence-electron chi connectivity index (χ2n) is 14.2. The number of pyridine rings is 1. The highest BCUT2D eigenvalue weighted by Crippen LogP contribution is 2.64. The van der Waals surface area contributed by atoms with E-state index in [1.807, 2.05) is 0 Å². The fourth-order valence-electron chi connectivity index (χ4n) is 9.82. The summed E-state index contributed by atoms with van der Waals surface area (Å²) in [7, 11) is 0. The van der Waals surface area contributed by atoms with Crippen molar-refractivity contribution in [1.29, 1.82) is 0 Å². The molecule has 1 spiro atoms. The lowest BCUT2D eigenvalue weighted by molar-refractivity contribution is 0.786. The highest BCUT2D eigenvalue weighted by molar-refractivity contribution is 6.14. The van der Waals surface area contributed by atoms with Crippen LogP contribution in [-0.2, 0) is 5.41 Å². The molecular formula is C50H30N2. The van der Waals surface area contributed by atoms with Crippen LogP contribution in [-0.4, -0.2) is 9.55 Å². The van der Waals surface area contributed by atoms with Gasteiger partial charge in [-0.25, -0.2) is 4.98 Å².